The molecule has 0 radical (unpaired) electrons. The molecule has 2 unspecified atom stereocenters. The van der Waals surface area contributed by atoms with Crippen LogP contribution in [0.1, 0.15) is 24.0 Å². The van der Waals surface area contributed by atoms with E-state index in [0.717, 1.165) is 58.5 Å². The van der Waals surface area contributed by atoms with E-state index in [-0.39, 0.29) is 16.2 Å². The van der Waals surface area contributed by atoms with Crippen molar-refractivity contribution in [3.63, 3.8) is 0 Å². The minimum Gasteiger partial charge on any atom is -0.621 e. The lowest BCUT2D eigenvalue weighted by Crippen LogP contribution is -3.24. The second kappa shape index (κ2) is 7.36. The normalized spacial score (nSPS) is 27.8. The topological polar surface area (TPSA) is 91.9 Å². The molecule has 136 valence electrons. The lowest BCUT2D eigenvalue weighted by atomic mass is 10.1. The summed E-state index contributed by atoms with van der Waals surface area (Å²) < 4.78 is 5.33. The summed E-state index contributed by atoms with van der Waals surface area (Å²) in [5.74, 6) is 0.192. The van der Waals surface area contributed by atoms with Gasteiger partial charge in [0.05, 0.1) is 13.2 Å². The van der Waals surface area contributed by atoms with Crippen molar-refractivity contribution in [2.45, 2.75) is 25.7 Å². The fourth-order valence-corrected chi connectivity index (χ4v) is 3.78. The number of quaternary nitrogens is 2. The highest BCUT2D eigenvalue weighted by atomic mass is 16.6. The van der Waals surface area contributed by atoms with Gasteiger partial charge in [0.25, 0.3) is 0 Å². The van der Waals surface area contributed by atoms with Crippen LogP contribution in [0.3, 0.4) is 0 Å². The SMILES string of the molecule is [O-][NH+]1NC(=NCCCN2CCOCC2)[NH+]([O-])c2cc3c(cc21)CCC3. The Labute approximate surface area is 147 Å². The van der Waals surface area contributed by atoms with Crippen LogP contribution in [0.4, 0.5) is 11.4 Å². The Morgan fingerprint density at radius 2 is 1.84 bits per heavy atom. The number of fused-ring (bicyclic) bond motifs is 2. The Morgan fingerprint density at radius 1 is 1.12 bits per heavy atom. The van der Waals surface area contributed by atoms with Gasteiger partial charge in [-0.15, -0.1) is 0 Å². The van der Waals surface area contributed by atoms with Crippen molar-refractivity contribution in [2.24, 2.45) is 4.99 Å². The quantitative estimate of drug-likeness (QED) is 0.470. The molecule has 0 saturated carbocycles. The molecular weight excluding hydrogens is 322 g/mol. The van der Waals surface area contributed by atoms with Gasteiger partial charge in [0.2, 0.25) is 11.4 Å². The number of morpholine rings is 1. The molecule has 0 amide bonds. The first-order valence-corrected chi connectivity index (χ1v) is 9.09. The molecule has 1 aromatic rings. The minimum atomic E-state index is -0.212. The van der Waals surface area contributed by atoms with Gasteiger partial charge in [0, 0.05) is 38.3 Å². The smallest absolute Gasteiger partial charge is 0.347 e. The summed E-state index contributed by atoms with van der Waals surface area (Å²) in [6.45, 7) is 4.94. The van der Waals surface area contributed by atoms with Crippen LogP contribution >= 0.6 is 0 Å². The zero-order valence-corrected chi connectivity index (χ0v) is 14.3. The summed E-state index contributed by atoms with van der Waals surface area (Å²) >= 11 is 0. The van der Waals surface area contributed by atoms with Gasteiger partial charge < -0.3 is 15.2 Å². The summed E-state index contributed by atoms with van der Waals surface area (Å²) in [7, 11) is 0. The molecule has 2 aliphatic heterocycles. The number of rotatable bonds is 4. The van der Waals surface area contributed by atoms with E-state index in [1.807, 2.05) is 12.1 Å². The van der Waals surface area contributed by atoms with E-state index in [0.29, 0.717) is 17.9 Å². The molecule has 8 nitrogen and oxygen atoms in total. The number of hydroxylamine groups is 1. The number of guanidine groups is 1. The highest BCUT2D eigenvalue weighted by Crippen LogP contribution is 2.28. The van der Waals surface area contributed by atoms with Crippen LogP contribution in [0.5, 0.6) is 0 Å². The number of nitrogens with one attached hydrogen (secondary N) is 3. The van der Waals surface area contributed by atoms with Gasteiger partial charge in [-0.25, -0.2) is 10.2 Å². The van der Waals surface area contributed by atoms with E-state index in [9.17, 15) is 10.4 Å². The number of hydrogen-bond acceptors (Lipinski definition) is 5. The average Bonchev–Trinajstić information content (AvgIpc) is 3.10. The molecule has 1 aromatic carbocycles. The molecule has 2 atom stereocenters. The van der Waals surface area contributed by atoms with Crippen LogP contribution in [0.2, 0.25) is 0 Å². The zero-order chi connectivity index (χ0) is 17.2. The lowest BCUT2D eigenvalue weighted by molar-refractivity contribution is -0.851. The number of benzene rings is 1. The first-order chi connectivity index (χ1) is 12.2. The van der Waals surface area contributed by atoms with Crippen molar-refractivity contribution in [1.29, 1.82) is 0 Å². The van der Waals surface area contributed by atoms with Gasteiger partial charge in [-0.1, -0.05) is 0 Å². The Bertz CT molecular complexity index is 660. The van der Waals surface area contributed by atoms with E-state index < -0.39 is 0 Å². The predicted molar refractivity (Wildman–Crippen MR) is 93.8 cm³/mol. The molecule has 3 aliphatic rings. The predicted octanol–water partition coefficient (Wildman–Crippen LogP) is -1.20. The maximum atomic E-state index is 12.7. The average molecular weight is 347 g/mol. The van der Waals surface area contributed by atoms with Crippen molar-refractivity contribution in [3.8, 4) is 0 Å². The Morgan fingerprint density at radius 3 is 2.60 bits per heavy atom. The third-order valence-electron chi connectivity index (χ3n) is 5.17. The van der Waals surface area contributed by atoms with Crippen LogP contribution in [0, 0.1) is 10.4 Å². The molecule has 1 fully saturated rings. The van der Waals surface area contributed by atoms with Gasteiger partial charge in [0.1, 0.15) is 0 Å². The van der Waals surface area contributed by atoms with Gasteiger partial charge in [0.15, 0.2) is 0 Å². The van der Waals surface area contributed by atoms with Gasteiger partial charge in [-0.05, 0) is 36.8 Å². The van der Waals surface area contributed by atoms with Crippen LogP contribution in [0.15, 0.2) is 17.1 Å². The van der Waals surface area contributed by atoms with E-state index >= 15 is 0 Å². The summed E-state index contributed by atoms with van der Waals surface area (Å²) in [5, 5.41) is 24.7. The second-order valence-corrected chi connectivity index (χ2v) is 6.84. The highest BCUT2D eigenvalue weighted by Gasteiger charge is 2.31. The first kappa shape index (κ1) is 16.9. The van der Waals surface area contributed by atoms with E-state index in [4.69, 9.17) is 4.74 Å². The molecule has 1 aliphatic carbocycles. The summed E-state index contributed by atoms with van der Waals surface area (Å²) in [6.07, 6.45) is 3.94. The van der Waals surface area contributed by atoms with E-state index in [2.05, 4.69) is 15.3 Å². The zero-order valence-electron chi connectivity index (χ0n) is 14.3. The van der Waals surface area contributed by atoms with Gasteiger partial charge >= 0.3 is 5.96 Å². The van der Waals surface area contributed by atoms with Crippen LogP contribution in [0.25, 0.3) is 0 Å². The molecule has 0 bridgehead atoms. The van der Waals surface area contributed by atoms with E-state index in [1.165, 1.54) is 11.1 Å². The lowest BCUT2D eigenvalue weighted by Gasteiger charge is -2.35. The number of ether oxygens (including phenoxy) is 1. The van der Waals surface area contributed by atoms with Crippen LogP contribution in [-0.2, 0) is 17.6 Å². The fourth-order valence-electron chi connectivity index (χ4n) is 3.78. The maximum absolute atomic E-state index is 12.7. The Balaban J connectivity index is 1.41. The summed E-state index contributed by atoms with van der Waals surface area (Å²) in [6, 6.07) is 3.79. The fraction of sp³-hybridized carbons (Fsp3) is 0.588. The minimum absolute atomic E-state index is 0.157. The van der Waals surface area contributed by atoms with Crippen molar-refractivity contribution >= 4 is 17.3 Å². The molecule has 8 heteroatoms. The van der Waals surface area contributed by atoms with Crippen molar-refractivity contribution in [2.75, 3.05) is 39.4 Å². The highest BCUT2D eigenvalue weighted by molar-refractivity contribution is 5.76. The monoisotopic (exact) mass is 347 g/mol. The summed E-state index contributed by atoms with van der Waals surface area (Å²) in [5.41, 5.74) is 6.09. The molecule has 3 N–H and O–H groups in total. The van der Waals surface area contributed by atoms with Crippen LogP contribution in [-0.4, -0.2) is 50.3 Å². The standard InChI is InChI=1S/C17H25N5O3/c23-21-15-11-13-3-1-4-14(13)12-16(15)22(24)19-17(21)18-5-2-6-20-7-9-25-10-8-20/h11-12,21-22H,1-10H2,(H,18,19). The first-order valence-electron chi connectivity index (χ1n) is 9.09. The van der Waals surface area contributed by atoms with Gasteiger partial charge in [-0.3, -0.25) is 9.96 Å². The molecule has 4 rings (SSSR count). The number of nitrogens with zero attached hydrogens (tertiary/aromatic N) is 2. The Kier molecular flexibility index (Phi) is 4.98. The van der Waals surface area contributed by atoms with E-state index in [1.54, 1.807) is 0 Å². The molecular formula is C17H25N5O3. The Hall–Kier alpha value is -1.55. The molecule has 1 saturated heterocycles. The molecule has 0 spiro atoms. The van der Waals surface area contributed by atoms with Gasteiger partial charge in [-0.2, -0.15) is 5.43 Å². The third kappa shape index (κ3) is 3.55. The van der Waals surface area contributed by atoms with Crippen molar-refractivity contribution in [1.82, 2.24) is 10.3 Å². The van der Waals surface area contributed by atoms with Crippen molar-refractivity contribution in [3.05, 3.63) is 33.7 Å². The third-order valence-corrected chi connectivity index (χ3v) is 5.17. The summed E-state index contributed by atoms with van der Waals surface area (Å²) in [4.78, 5) is 6.71. The number of aliphatic imine (C=N–C) groups is 1. The molecule has 2 heterocycles. The second-order valence-electron chi connectivity index (χ2n) is 6.84. The molecule has 25 heavy (non-hydrogen) atoms. The largest absolute Gasteiger partial charge is 0.621 e. The van der Waals surface area contributed by atoms with Crippen LogP contribution < -0.4 is 15.7 Å². The maximum Gasteiger partial charge on any atom is 0.347 e. The molecule has 0 aromatic heterocycles. The number of aryl methyl sites for hydroxylation is 2. The number of hydrogen-bond donors (Lipinski definition) is 3. The van der Waals surface area contributed by atoms with Crippen molar-refractivity contribution < 1.29 is 15.0 Å².